The molecule has 5 heteroatoms. The van der Waals surface area contributed by atoms with Crippen molar-refractivity contribution in [3.05, 3.63) is 35.6 Å². The quantitative estimate of drug-likeness (QED) is 0.869. The van der Waals surface area contributed by atoms with Crippen molar-refractivity contribution in [3.63, 3.8) is 0 Å². The van der Waals surface area contributed by atoms with Gasteiger partial charge in [0.2, 0.25) is 5.76 Å². The Balaban J connectivity index is 2.45. The van der Waals surface area contributed by atoms with E-state index < -0.39 is 5.97 Å². The summed E-state index contributed by atoms with van der Waals surface area (Å²) in [6.45, 7) is 4.18. The molecule has 0 saturated carbocycles. The number of aromatic nitrogens is 1. The SMILES string of the molecule is CC(C)c1ccc(-c2nc(N)oc2C(=O)O)cc1. The zero-order valence-corrected chi connectivity index (χ0v) is 10.2. The molecule has 0 bridgehead atoms. The van der Waals surface area contributed by atoms with Gasteiger partial charge in [0.1, 0.15) is 5.69 Å². The minimum absolute atomic E-state index is 0.143. The molecule has 5 nitrogen and oxygen atoms in total. The number of aromatic carboxylic acids is 1. The van der Waals surface area contributed by atoms with Crippen molar-refractivity contribution in [2.75, 3.05) is 5.73 Å². The molecule has 94 valence electrons. The second-order valence-electron chi connectivity index (χ2n) is 4.31. The van der Waals surface area contributed by atoms with Crippen LogP contribution in [-0.2, 0) is 0 Å². The fraction of sp³-hybridized carbons (Fsp3) is 0.231. The Hall–Kier alpha value is -2.30. The molecule has 2 aromatic rings. The monoisotopic (exact) mass is 246 g/mol. The highest BCUT2D eigenvalue weighted by molar-refractivity contribution is 5.92. The van der Waals surface area contributed by atoms with Gasteiger partial charge in [-0.1, -0.05) is 38.1 Å². The minimum atomic E-state index is -1.18. The molecule has 2 rings (SSSR count). The van der Waals surface area contributed by atoms with E-state index in [0.717, 1.165) is 0 Å². The third-order valence-corrected chi connectivity index (χ3v) is 2.69. The smallest absolute Gasteiger partial charge is 0.374 e. The van der Waals surface area contributed by atoms with Gasteiger partial charge in [0.15, 0.2) is 0 Å². The van der Waals surface area contributed by atoms with Gasteiger partial charge in [-0.2, -0.15) is 4.98 Å². The van der Waals surface area contributed by atoms with E-state index in [1.807, 2.05) is 24.3 Å². The highest BCUT2D eigenvalue weighted by Gasteiger charge is 2.19. The van der Waals surface area contributed by atoms with Gasteiger partial charge in [0, 0.05) is 5.56 Å². The summed E-state index contributed by atoms with van der Waals surface area (Å²) in [6.07, 6.45) is 0. The number of hydrogen-bond donors (Lipinski definition) is 2. The van der Waals surface area contributed by atoms with Gasteiger partial charge in [0.05, 0.1) is 0 Å². The van der Waals surface area contributed by atoms with Crippen LogP contribution in [0.25, 0.3) is 11.3 Å². The van der Waals surface area contributed by atoms with Gasteiger partial charge in [-0.05, 0) is 11.5 Å². The van der Waals surface area contributed by atoms with Crippen LogP contribution in [0.5, 0.6) is 0 Å². The number of nitrogens with zero attached hydrogens (tertiary/aromatic N) is 1. The third-order valence-electron chi connectivity index (χ3n) is 2.69. The molecule has 0 unspecified atom stereocenters. The first-order valence-electron chi connectivity index (χ1n) is 5.59. The second kappa shape index (κ2) is 4.52. The third kappa shape index (κ3) is 2.20. The molecule has 0 radical (unpaired) electrons. The van der Waals surface area contributed by atoms with E-state index in [-0.39, 0.29) is 17.5 Å². The Bertz CT molecular complexity index is 570. The summed E-state index contributed by atoms with van der Waals surface area (Å²) in [6, 6.07) is 7.38. The maximum Gasteiger partial charge on any atom is 0.374 e. The summed E-state index contributed by atoms with van der Waals surface area (Å²) in [5.74, 6) is -0.993. The van der Waals surface area contributed by atoms with Gasteiger partial charge in [-0.25, -0.2) is 4.79 Å². The van der Waals surface area contributed by atoms with Crippen LogP contribution in [0.15, 0.2) is 28.7 Å². The van der Waals surface area contributed by atoms with Crippen LogP contribution < -0.4 is 5.73 Å². The Morgan fingerprint density at radius 1 is 1.33 bits per heavy atom. The van der Waals surface area contributed by atoms with Crippen molar-refractivity contribution in [2.24, 2.45) is 0 Å². The first-order chi connectivity index (χ1) is 8.49. The molecular weight excluding hydrogens is 232 g/mol. The summed E-state index contributed by atoms with van der Waals surface area (Å²) in [7, 11) is 0. The second-order valence-corrected chi connectivity index (χ2v) is 4.31. The first kappa shape index (κ1) is 12.2. The zero-order chi connectivity index (χ0) is 13.3. The highest BCUT2D eigenvalue weighted by Crippen LogP contribution is 2.26. The maximum absolute atomic E-state index is 11.0. The molecule has 1 aromatic carbocycles. The molecular formula is C13H14N2O3. The number of benzene rings is 1. The zero-order valence-electron chi connectivity index (χ0n) is 10.2. The van der Waals surface area contributed by atoms with Crippen LogP contribution in [0.4, 0.5) is 6.01 Å². The lowest BCUT2D eigenvalue weighted by atomic mass is 10.0. The average Bonchev–Trinajstić information content (AvgIpc) is 2.71. The summed E-state index contributed by atoms with van der Waals surface area (Å²) in [4.78, 5) is 14.9. The number of oxazole rings is 1. The first-order valence-corrected chi connectivity index (χ1v) is 5.59. The number of nitrogen functional groups attached to an aromatic ring is 1. The molecule has 0 aliphatic heterocycles. The number of hydrogen-bond acceptors (Lipinski definition) is 4. The van der Waals surface area contributed by atoms with E-state index in [9.17, 15) is 4.79 Å². The number of carboxylic acid groups (broad SMARTS) is 1. The van der Waals surface area contributed by atoms with Crippen molar-refractivity contribution in [1.29, 1.82) is 0 Å². The normalized spacial score (nSPS) is 10.8. The van der Waals surface area contributed by atoms with Gasteiger partial charge in [-0.3, -0.25) is 0 Å². The lowest BCUT2D eigenvalue weighted by Crippen LogP contribution is -1.97. The Kier molecular flexibility index (Phi) is 3.06. The van der Waals surface area contributed by atoms with Crippen LogP contribution in [0.3, 0.4) is 0 Å². The number of nitrogens with two attached hydrogens (primary N) is 1. The molecule has 1 heterocycles. The molecule has 0 saturated heterocycles. The standard InChI is InChI=1S/C13H14N2O3/c1-7(2)8-3-5-9(6-4-8)10-11(12(16)17)18-13(14)15-10/h3-7H,1-2H3,(H2,14,15)(H,16,17). The summed E-state index contributed by atoms with van der Waals surface area (Å²) in [5, 5.41) is 8.99. The minimum Gasteiger partial charge on any atom is -0.475 e. The van der Waals surface area contributed by atoms with E-state index in [1.54, 1.807) is 0 Å². The van der Waals surface area contributed by atoms with E-state index in [2.05, 4.69) is 18.8 Å². The lowest BCUT2D eigenvalue weighted by molar-refractivity contribution is 0.0665. The van der Waals surface area contributed by atoms with Crippen molar-refractivity contribution >= 4 is 12.0 Å². The Labute approximate surface area is 104 Å². The predicted octanol–water partition coefficient (Wildman–Crippen LogP) is 2.75. The van der Waals surface area contributed by atoms with E-state index in [4.69, 9.17) is 15.3 Å². The van der Waals surface area contributed by atoms with E-state index in [0.29, 0.717) is 11.5 Å². The van der Waals surface area contributed by atoms with Crippen molar-refractivity contribution < 1.29 is 14.3 Å². The summed E-state index contributed by atoms with van der Waals surface area (Å²) < 4.78 is 4.88. The lowest BCUT2D eigenvalue weighted by Gasteiger charge is -2.05. The molecule has 18 heavy (non-hydrogen) atoms. The van der Waals surface area contributed by atoms with Crippen LogP contribution in [0.1, 0.15) is 35.9 Å². The summed E-state index contributed by atoms with van der Waals surface area (Å²) in [5.41, 5.74) is 7.50. The number of anilines is 1. The van der Waals surface area contributed by atoms with Crippen LogP contribution in [0, 0.1) is 0 Å². The molecule has 0 aliphatic carbocycles. The molecule has 0 aliphatic rings. The fourth-order valence-electron chi connectivity index (χ4n) is 1.70. The largest absolute Gasteiger partial charge is 0.475 e. The highest BCUT2D eigenvalue weighted by atomic mass is 16.4. The van der Waals surface area contributed by atoms with Gasteiger partial charge in [-0.15, -0.1) is 0 Å². The molecule has 0 atom stereocenters. The fourth-order valence-corrected chi connectivity index (χ4v) is 1.70. The van der Waals surface area contributed by atoms with Crippen molar-refractivity contribution in [1.82, 2.24) is 4.98 Å². The number of carbonyl (C=O) groups is 1. The van der Waals surface area contributed by atoms with Gasteiger partial charge in [0.25, 0.3) is 6.01 Å². The van der Waals surface area contributed by atoms with E-state index >= 15 is 0 Å². The van der Waals surface area contributed by atoms with Gasteiger partial charge < -0.3 is 15.3 Å². The predicted molar refractivity (Wildman–Crippen MR) is 67.4 cm³/mol. The van der Waals surface area contributed by atoms with Crippen LogP contribution in [0.2, 0.25) is 0 Å². The molecule has 1 aromatic heterocycles. The average molecular weight is 246 g/mol. The van der Waals surface area contributed by atoms with Crippen LogP contribution >= 0.6 is 0 Å². The van der Waals surface area contributed by atoms with Crippen molar-refractivity contribution in [3.8, 4) is 11.3 Å². The van der Waals surface area contributed by atoms with Crippen LogP contribution in [-0.4, -0.2) is 16.1 Å². The Morgan fingerprint density at radius 3 is 2.44 bits per heavy atom. The van der Waals surface area contributed by atoms with Crippen molar-refractivity contribution in [2.45, 2.75) is 19.8 Å². The maximum atomic E-state index is 11.0. The number of carboxylic acids is 1. The molecule has 0 amide bonds. The Morgan fingerprint density at radius 2 is 1.94 bits per heavy atom. The summed E-state index contributed by atoms with van der Waals surface area (Å²) >= 11 is 0. The molecule has 3 N–H and O–H groups in total. The number of rotatable bonds is 3. The van der Waals surface area contributed by atoms with E-state index in [1.165, 1.54) is 5.56 Å². The molecule has 0 fully saturated rings. The topological polar surface area (TPSA) is 89.4 Å². The molecule has 0 spiro atoms. The van der Waals surface area contributed by atoms with Gasteiger partial charge >= 0.3 is 5.97 Å².